The van der Waals surface area contributed by atoms with E-state index in [-0.39, 0.29) is 16.8 Å². The first-order valence-electron chi connectivity index (χ1n) is 10.6. The second kappa shape index (κ2) is 8.47. The molecule has 1 unspecified atom stereocenters. The zero-order valence-electron chi connectivity index (χ0n) is 17.6. The number of aromatic nitrogens is 1. The van der Waals surface area contributed by atoms with Gasteiger partial charge in [-0.1, -0.05) is 19.9 Å². The maximum Gasteiger partial charge on any atom is 0.261 e. The van der Waals surface area contributed by atoms with Crippen LogP contribution in [0.5, 0.6) is 0 Å². The Hall–Kier alpha value is -2.25. The van der Waals surface area contributed by atoms with Crippen LogP contribution < -0.4 is 10.9 Å². The number of likely N-dealkylation sites (tertiary alicyclic amines) is 1. The predicted octanol–water partition coefficient (Wildman–Crippen LogP) is 3.23. The SMILES string of the molecule is CC1(C)CC(=O)c2cc(C(=O)NCC3CCCN(Cc4cccs4)C3)c(=O)[nH]c2C1. The molecule has 30 heavy (non-hydrogen) atoms. The van der Waals surface area contributed by atoms with Crippen molar-refractivity contribution in [2.75, 3.05) is 19.6 Å². The van der Waals surface area contributed by atoms with Crippen molar-refractivity contribution in [3.8, 4) is 0 Å². The minimum atomic E-state index is -0.417. The van der Waals surface area contributed by atoms with Gasteiger partial charge in [-0.3, -0.25) is 19.3 Å². The second-order valence-corrected chi connectivity index (χ2v) is 10.4. The van der Waals surface area contributed by atoms with Gasteiger partial charge in [0.2, 0.25) is 0 Å². The van der Waals surface area contributed by atoms with Crippen LogP contribution in [-0.2, 0) is 13.0 Å². The number of pyridine rings is 1. The molecule has 0 radical (unpaired) electrons. The fourth-order valence-electron chi connectivity index (χ4n) is 4.61. The first kappa shape index (κ1) is 21.0. The van der Waals surface area contributed by atoms with Crippen LogP contribution in [0.4, 0.5) is 0 Å². The van der Waals surface area contributed by atoms with Crippen LogP contribution in [0.25, 0.3) is 0 Å². The number of hydrogen-bond acceptors (Lipinski definition) is 5. The molecule has 1 aliphatic heterocycles. The number of nitrogens with one attached hydrogen (secondary N) is 2. The topological polar surface area (TPSA) is 82.3 Å². The van der Waals surface area contributed by atoms with Gasteiger partial charge >= 0.3 is 0 Å². The minimum absolute atomic E-state index is 0.0111. The summed E-state index contributed by atoms with van der Waals surface area (Å²) < 4.78 is 0. The molecule has 0 saturated carbocycles. The summed E-state index contributed by atoms with van der Waals surface area (Å²) in [4.78, 5) is 44.3. The molecule has 2 N–H and O–H groups in total. The highest BCUT2D eigenvalue weighted by Gasteiger charge is 2.32. The molecule has 2 aromatic heterocycles. The van der Waals surface area contributed by atoms with Gasteiger partial charge in [-0.05, 0) is 54.7 Å². The summed E-state index contributed by atoms with van der Waals surface area (Å²) in [5.41, 5.74) is 0.577. The van der Waals surface area contributed by atoms with E-state index in [1.54, 1.807) is 11.3 Å². The zero-order chi connectivity index (χ0) is 21.3. The number of carbonyl (C=O) groups is 2. The van der Waals surface area contributed by atoms with Crippen molar-refractivity contribution in [1.29, 1.82) is 0 Å². The summed E-state index contributed by atoms with van der Waals surface area (Å²) in [6, 6.07) is 5.72. The molecular weight excluding hydrogens is 398 g/mol. The summed E-state index contributed by atoms with van der Waals surface area (Å²) in [6.45, 7) is 7.53. The van der Waals surface area contributed by atoms with Gasteiger partial charge in [-0.25, -0.2) is 0 Å². The Kier molecular flexibility index (Phi) is 5.93. The Labute approximate surface area is 180 Å². The largest absolute Gasteiger partial charge is 0.352 e. The number of amides is 1. The Morgan fingerprint density at radius 3 is 2.93 bits per heavy atom. The molecule has 160 valence electrons. The Bertz CT molecular complexity index is 994. The fourth-order valence-corrected chi connectivity index (χ4v) is 5.36. The lowest BCUT2D eigenvalue weighted by Gasteiger charge is -2.32. The molecule has 1 amide bonds. The third-order valence-corrected chi connectivity index (χ3v) is 6.94. The predicted molar refractivity (Wildman–Crippen MR) is 118 cm³/mol. The standard InChI is InChI=1S/C23H29N3O3S/c1-23(2)10-19-17(20(27)11-23)9-18(22(29)25-19)21(28)24-12-15-5-3-7-26(13-15)14-16-6-4-8-30-16/h4,6,8-9,15H,3,5,7,10-14H2,1-2H3,(H,24,28)(H,25,29). The number of Topliss-reactive ketones (excluding diaryl/α,β-unsaturated/α-hetero) is 1. The third-order valence-electron chi connectivity index (χ3n) is 6.08. The van der Waals surface area contributed by atoms with Crippen LogP contribution in [0.15, 0.2) is 28.4 Å². The maximum absolute atomic E-state index is 12.7. The highest BCUT2D eigenvalue weighted by Crippen LogP contribution is 2.33. The summed E-state index contributed by atoms with van der Waals surface area (Å²) in [5.74, 6) is -0.0445. The highest BCUT2D eigenvalue weighted by atomic mass is 32.1. The van der Waals surface area contributed by atoms with Gasteiger partial charge in [0.1, 0.15) is 5.56 Å². The van der Waals surface area contributed by atoms with E-state index in [1.165, 1.54) is 10.9 Å². The summed E-state index contributed by atoms with van der Waals surface area (Å²) in [5, 5.41) is 5.03. The van der Waals surface area contributed by atoms with Gasteiger partial charge < -0.3 is 10.3 Å². The van der Waals surface area contributed by atoms with Gasteiger partial charge in [0, 0.05) is 42.2 Å². The smallest absolute Gasteiger partial charge is 0.261 e. The number of nitrogens with zero attached hydrogens (tertiary/aromatic N) is 1. The van der Waals surface area contributed by atoms with Crippen molar-refractivity contribution >= 4 is 23.0 Å². The monoisotopic (exact) mass is 427 g/mol. The number of ketones is 1. The van der Waals surface area contributed by atoms with Gasteiger partial charge in [0.15, 0.2) is 5.78 Å². The van der Waals surface area contributed by atoms with Crippen molar-refractivity contribution in [2.24, 2.45) is 11.3 Å². The summed E-state index contributed by atoms with van der Waals surface area (Å²) >= 11 is 1.77. The van der Waals surface area contributed by atoms with E-state index >= 15 is 0 Å². The fraction of sp³-hybridized carbons (Fsp3) is 0.522. The third kappa shape index (κ3) is 4.73. The molecule has 1 atom stereocenters. The van der Waals surface area contributed by atoms with Gasteiger partial charge in [0.05, 0.1) is 0 Å². The van der Waals surface area contributed by atoms with Crippen LogP contribution >= 0.6 is 11.3 Å². The van der Waals surface area contributed by atoms with Gasteiger partial charge in [-0.2, -0.15) is 0 Å². The van der Waals surface area contributed by atoms with Gasteiger partial charge in [-0.15, -0.1) is 11.3 Å². The summed E-state index contributed by atoms with van der Waals surface area (Å²) in [7, 11) is 0. The van der Waals surface area contributed by atoms with Crippen molar-refractivity contribution in [3.05, 3.63) is 55.6 Å². The number of thiophene rings is 1. The van der Waals surface area contributed by atoms with Crippen LogP contribution in [0, 0.1) is 11.3 Å². The Morgan fingerprint density at radius 2 is 2.17 bits per heavy atom. The quantitative estimate of drug-likeness (QED) is 0.768. The number of rotatable bonds is 5. The lowest BCUT2D eigenvalue weighted by Crippen LogP contribution is -2.41. The van der Waals surface area contributed by atoms with Crippen LogP contribution in [0.1, 0.15) is 64.4 Å². The number of piperidine rings is 1. The molecule has 3 heterocycles. The van der Waals surface area contributed by atoms with Crippen LogP contribution in [0.3, 0.4) is 0 Å². The van der Waals surface area contributed by atoms with Crippen LogP contribution in [-0.4, -0.2) is 41.2 Å². The van der Waals surface area contributed by atoms with Crippen LogP contribution in [0.2, 0.25) is 0 Å². The lowest BCUT2D eigenvalue weighted by molar-refractivity contribution is 0.0910. The average Bonchev–Trinajstić information content (AvgIpc) is 3.18. The molecule has 4 rings (SSSR count). The molecular formula is C23H29N3O3S. The number of H-pyrrole nitrogens is 1. The second-order valence-electron chi connectivity index (χ2n) is 9.38. The molecule has 2 aromatic rings. The van der Waals surface area contributed by atoms with E-state index in [1.807, 2.05) is 13.8 Å². The molecule has 6 nitrogen and oxygen atoms in total. The Balaban J connectivity index is 1.39. The molecule has 2 aliphatic rings. The number of fused-ring (bicyclic) bond motifs is 1. The van der Waals surface area contributed by atoms with Crippen molar-refractivity contribution in [2.45, 2.75) is 46.1 Å². The molecule has 1 saturated heterocycles. The molecule has 0 bridgehead atoms. The number of hydrogen-bond donors (Lipinski definition) is 2. The van der Waals surface area contributed by atoms with E-state index in [4.69, 9.17) is 0 Å². The van der Waals surface area contributed by atoms with E-state index in [9.17, 15) is 14.4 Å². The summed E-state index contributed by atoms with van der Waals surface area (Å²) in [6.07, 6.45) is 3.23. The number of carbonyl (C=O) groups excluding carboxylic acids is 2. The average molecular weight is 428 g/mol. The van der Waals surface area contributed by atoms with Crippen molar-refractivity contribution in [1.82, 2.24) is 15.2 Å². The van der Waals surface area contributed by atoms with E-state index in [0.29, 0.717) is 36.6 Å². The zero-order valence-corrected chi connectivity index (χ0v) is 18.4. The Morgan fingerprint density at radius 1 is 1.33 bits per heavy atom. The highest BCUT2D eigenvalue weighted by molar-refractivity contribution is 7.09. The molecule has 0 spiro atoms. The molecule has 1 aliphatic carbocycles. The normalized spacial score (nSPS) is 21.3. The van der Waals surface area contributed by atoms with E-state index in [0.717, 1.165) is 32.5 Å². The van der Waals surface area contributed by atoms with Crippen molar-refractivity contribution < 1.29 is 9.59 Å². The minimum Gasteiger partial charge on any atom is -0.352 e. The molecule has 1 fully saturated rings. The maximum atomic E-state index is 12.7. The molecule has 0 aromatic carbocycles. The van der Waals surface area contributed by atoms with Crippen molar-refractivity contribution in [3.63, 3.8) is 0 Å². The van der Waals surface area contributed by atoms with Gasteiger partial charge in [0.25, 0.3) is 11.5 Å². The number of aromatic amines is 1. The molecule has 7 heteroatoms. The first-order chi connectivity index (χ1) is 14.3. The van der Waals surface area contributed by atoms with E-state index in [2.05, 4.69) is 32.7 Å². The van der Waals surface area contributed by atoms with E-state index < -0.39 is 11.5 Å². The first-order valence-corrected chi connectivity index (χ1v) is 11.5. The lowest BCUT2D eigenvalue weighted by atomic mass is 9.75.